The average Bonchev–Trinajstić information content (AvgIpc) is 2.33. The fourth-order valence-corrected chi connectivity index (χ4v) is 2.06. The highest BCUT2D eigenvalue weighted by Crippen LogP contribution is 2.12. The van der Waals surface area contributed by atoms with Crippen molar-refractivity contribution in [3.63, 3.8) is 0 Å². The molecule has 0 aliphatic carbocycles. The summed E-state index contributed by atoms with van der Waals surface area (Å²) in [6.45, 7) is 11.0. The molecule has 1 aliphatic heterocycles. The van der Waals surface area contributed by atoms with E-state index in [0.717, 1.165) is 52.2 Å². The Morgan fingerprint density at radius 3 is 2.26 bits per heavy atom. The summed E-state index contributed by atoms with van der Waals surface area (Å²) in [4.78, 5) is 16.1. The summed E-state index contributed by atoms with van der Waals surface area (Å²) in [5.41, 5.74) is -0.408. The van der Waals surface area contributed by atoms with Crippen molar-refractivity contribution in [3.8, 4) is 0 Å². The minimum absolute atomic E-state index is 0.188. The van der Waals surface area contributed by atoms with Crippen LogP contribution in [0.25, 0.3) is 0 Å². The summed E-state index contributed by atoms with van der Waals surface area (Å²) in [6, 6.07) is 0. The first-order valence-electron chi connectivity index (χ1n) is 7.11. The fourth-order valence-electron chi connectivity index (χ4n) is 2.06. The lowest BCUT2D eigenvalue weighted by Gasteiger charge is -2.35. The topological polar surface area (TPSA) is 42.0 Å². The second-order valence-corrected chi connectivity index (χ2v) is 6.01. The lowest BCUT2D eigenvalue weighted by atomic mass is 10.2. The van der Waals surface area contributed by atoms with Gasteiger partial charge in [-0.2, -0.15) is 0 Å². The lowest BCUT2D eigenvalue weighted by molar-refractivity contribution is 0.0143. The molecule has 5 nitrogen and oxygen atoms in total. The summed E-state index contributed by atoms with van der Waals surface area (Å²) in [5, 5.41) is 0. The summed E-state index contributed by atoms with van der Waals surface area (Å²) < 4.78 is 10.4. The molecule has 1 saturated heterocycles. The van der Waals surface area contributed by atoms with Crippen molar-refractivity contribution in [2.24, 2.45) is 0 Å². The van der Waals surface area contributed by atoms with E-state index in [4.69, 9.17) is 9.47 Å². The van der Waals surface area contributed by atoms with Crippen LogP contribution in [-0.4, -0.2) is 67.9 Å². The molecule has 0 aromatic heterocycles. The van der Waals surface area contributed by atoms with Gasteiger partial charge in [0.1, 0.15) is 5.60 Å². The van der Waals surface area contributed by atoms with E-state index in [1.54, 1.807) is 12.0 Å². The smallest absolute Gasteiger partial charge is 0.410 e. The van der Waals surface area contributed by atoms with Gasteiger partial charge in [0.05, 0.1) is 0 Å². The van der Waals surface area contributed by atoms with E-state index in [9.17, 15) is 4.79 Å². The average molecular weight is 272 g/mol. The van der Waals surface area contributed by atoms with E-state index in [-0.39, 0.29) is 6.09 Å². The number of carbonyl (C=O) groups is 1. The van der Waals surface area contributed by atoms with Crippen LogP contribution in [0, 0.1) is 0 Å². The highest BCUT2D eigenvalue weighted by molar-refractivity contribution is 5.68. The maximum atomic E-state index is 11.9. The molecule has 0 spiro atoms. The van der Waals surface area contributed by atoms with Crippen LogP contribution in [0.2, 0.25) is 0 Å². The Kier molecular flexibility index (Phi) is 6.58. The second-order valence-electron chi connectivity index (χ2n) is 6.01. The first kappa shape index (κ1) is 16.2. The molecule has 0 N–H and O–H groups in total. The molecule has 1 aliphatic rings. The quantitative estimate of drug-likeness (QED) is 0.718. The second kappa shape index (κ2) is 7.70. The number of unbranched alkanes of at least 4 members (excludes halogenated alkanes) is 1. The molecular weight excluding hydrogens is 244 g/mol. The summed E-state index contributed by atoms with van der Waals surface area (Å²) in [6.07, 6.45) is 2.06. The zero-order valence-corrected chi connectivity index (χ0v) is 12.8. The molecule has 112 valence electrons. The van der Waals surface area contributed by atoms with E-state index in [1.807, 2.05) is 20.8 Å². The van der Waals surface area contributed by atoms with Gasteiger partial charge in [-0.1, -0.05) is 0 Å². The van der Waals surface area contributed by atoms with Crippen LogP contribution in [-0.2, 0) is 9.47 Å². The van der Waals surface area contributed by atoms with Gasteiger partial charge in [0.25, 0.3) is 0 Å². The van der Waals surface area contributed by atoms with Crippen molar-refractivity contribution in [2.75, 3.05) is 46.4 Å². The molecule has 1 amide bonds. The molecule has 0 unspecified atom stereocenters. The van der Waals surface area contributed by atoms with Crippen molar-refractivity contribution < 1.29 is 14.3 Å². The Morgan fingerprint density at radius 1 is 1.11 bits per heavy atom. The van der Waals surface area contributed by atoms with Gasteiger partial charge in [0.2, 0.25) is 0 Å². The van der Waals surface area contributed by atoms with Crippen LogP contribution in [0.15, 0.2) is 0 Å². The van der Waals surface area contributed by atoms with Gasteiger partial charge in [-0.3, -0.25) is 4.90 Å². The van der Waals surface area contributed by atoms with Crippen LogP contribution >= 0.6 is 0 Å². The molecule has 1 fully saturated rings. The van der Waals surface area contributed by atoms with Crippen molar-refractivity contribution in [3.05, 3.63) is 0 Å². The summed E-state index contributed by atoms with van der Waals surface area (Å²) in [7, 11) is 1.74. The Morgan fingerprint density at radius 2 is 1.74 bits per heavy atom. The third kappa shape index (κ3) is 6.78. The number of piperazine rings is 1. The number of hydrogen-bond donors (Lipinski definition) is 0. The van der Waals surface area contributed by atoms with Crippen molar-refractivity contribution >= 4 is 6.09 Å². The maximum absolute atomic E-state index is 11.9. The Hall–Kier alpha value is -0.810. The first-order chi connectivity index (χ1) is 8.92. The highest BCUT2D eigenvalue weighted by atomic mass is 16.6. The standard InChI is InChI=1S/C14H28N2O3/c1-14(2,3)19-13(17)16-10-8-15(9-11-16)7-5-6-12-18-4/h5-12H2,1-4H3. The van der Waals surface area contributed by atoms with E-state index < -0.39 is 5.60 Å². The lowest BCUT2D eigenvalue weighted by Crippen LogP contribution is -2.50. The molecule has 0 bridgehead atoms. The predicted octanol–water partition coefficient (Wildman–Crippen LogP) is 1.97. The monoisotopic (exact) mass is 272 g/mol. The third-order valence-electron chi connectivity index (χ3n) is 3.10. The van der Waals surface area contributed by atoms with Crippen molar-refractivity contribution in [2.45, 2.75) is 39.2 Å². The zero-order valence-electron chi connectivity index (χ0n) is 12.8. The van der Waals surface area contributed by atoms with Gasteiger partial charge in [-0.15, -0.1) is 0 Å². The van der Waals surface area contributed by atoms with E-state index in [0.29, 0.717) is 0 Å². The van der Waals surface area contributed by atoms with E-state index in [1.165, 1.54) is 0 Å². The number of nitrogens with zero attached hydrogens (tertiary/aromatic N) is 2. The van der Waals surface area contributed by atoms with Gasteiger partial charge < -0.3 is 14.4 Å². The van der Waals surface area contributed by atoms with E-state index >= 15 is 0 Å². The number of rotatable bonds is 5. The number of methoxy groups -OCH3 is 1. The highest BCUT2D eigenvalue weighted by Gasteiger charge is 2.25. The van der Waals surface area contributed by atoms with Gasteiger partial charge in [-0.05, 0) is 40.2 Å². The van der Waals surface area contributed by atoms with Crippen molar-refractivity contribution in [1.29, 1.82) is 0 Å². The Balaban J connectivity index is 2.19. The van der Waals surface area contributed by atoms with E-state index in [2.05, 4.69) is 4.90 Å². The minimum atomic E-state index is -0.408. The molecule has 0 aromatic carbocycles. The van der Waals surface area contributed by atoms with Gasteiger partial charge >= 0.3 is 6.09 Å². The number of ether oxygens (including phenoxy) is 2. The molecule has 1 rings (SSSR count). The fraction of sp³-hybridized carbons (Fsp3) is 0.929. The third-order valence-corrected chi connectivity index (χ3v) is 3.10. The molecule has 0 aromatic rings. The molecular formula is C14H28N2O3. The summed E-state index contributed by atoms with van der Waals surface area (Å²) in [5.74, 6) is 0. The predicted molar refractivity (Wildman–Crippen MR) is 75.4 cm³/mol. The first-order valence-corrected chi connectivity index (χ1v) is 7.11. The largest absolute Gasteiger partial charge is 0.444 e. The SMILES string of the molecule is COCCCCN1CCN(C(=O)OC(C)(C)C)CC1. The molecule has 0 radical (unpaired) electrons. The molecule has 5 heteroatoms. The summed E-state index contributed by atoms with van der Waals surface area (Å²) >= 11 is 0. The van der Waals surface area contributed by atoms with Crippen LogP contribution in [0.3, 0.4) is 0 Å². The minimum Gasteiger partial charge on any atom is -0.444 e. The normalized spacial score (nSPS) is 17.6. The van der Waals surface area contributed by atoms with Crippen molar-refractivity contribution in [1.82, 2.24) is 9.80 Å². The van der Waals surface area contributed by atoms with Gasteiger partial charge in [-0.25, -0.2) is 4.79 Å². The zero-order chi connectivity index (χ0) is 14.3. The number of amides is 1. The Labute approximate surface area is 116 Å². The van der Waals surface area contributed by atoms with Crippen LogP contribution < -0.4 is 0 Å². The number of carbonyl (C=O) groups excluding carboxylic acids is 1. The molecule has 0 saturated carbocycles. The van der Waals surface area contributed by atoms with Crippen LogP contribution in [0.5, 0.6) is 0 Å². The molecule has 1 heterocycles. The maximum Gasteiger partial charge on any atom is 0.410 e. The molecule has 19 heavy (non-hydrogen) atoms. The number of hydrogen-bond acceptors (Lipinski definition) is 4. The van der Waals surface area contributed by atoms with Crippen LogP contribution in [0.4, 0.5) is 4.79 Å². The Bertz CT molecular complexity index is 268. The molecule has 0 atom stereocenters. The van der Waals surface area contributed by atoms with Gasteiger partial charge in [0, 0.05) is 39.9 Å². The van der Waals surface area contributed by atoms with Crippen LogP contribution in [0.1, 0.15) is 33.6 Å². The van der Waals surface area contributed by atoms with Gasteiger partial charge in [0.15, 0.2) is 0 Å².